The smallest absolute Gasteiger partial charge is 0.190 e. The van der Waals surface area contributed by atoms with Crippen LogP contribution in [0.3, 0.4) is 0 Å². The van der Waals surface area contributed by atoms with E-state index in [2.05, 4.69) is 0 Å². The Morgan fingerprint density at radius 1 is 0.944 bits per heavy atom. The SMILES string of the molecule is CC1(C)OC2C(O)[C@@H]([C@H]3COC(C)(C)O3)O[C@@H]2O1. The van der Waals surface area contributed by atoms with Crippen molar-refractivity contribution >= 4 is 0 Å². The van der Waals surface area contributed by atoms with Crippen molar-refractivity contribution in [2.75, 3.05) is 6.61 Å². The Morgan fingerprint density at radius 2 is 1.67 bits per heavy atom. The first-order valence-electron chi connectivity index (χ1n) is 6.28. The Hall–Kier alpha value is -0.240. The van der Waals surface area contributed by atoms with Crippen molar-refractivity contribution in [3.8, 4) is 0 Å². The molecule has 0 amide bonds. The number of hydrogen-bond acceptors (Lipinski definition) is 6. The largest absolute Gasteiger partial charge is 0.387 e. The maximum atomic E-state index is 10.3. The van der Waals surface area contributed by atoms with Gasteiger partial charge in [0.2, 0.25) is 0 Å². The van der Waals surface area contributed by atoms with Gasteiger partial charge in [-0.1, -0.05) is 0 Å². The van der Waals surface area contributed by atoms with Crippen LogP contribution < -0.4 is 0 Å². The summed E-state index contributed by atoms with van der Waals surface area (Å²) in [5.41, 5.74) is 0. The molecule has 0 aromatic heterocycles. The molecule has 0 spiro atoms. The topological polar surface area (TPSA) is 66.4 Å². The van der Waals surface area contributed by atoms with Crippen LogP contribution in [0.15, 0.2) is 0 Å². The minimum absolute atomic E-state index is 0.295. The summed E-state index contributed by atoms with van der Waals surface area (Å²) in [6, 6.07) is 0. The Balaban J connectivity index is 1.68. The molecule has 5 atom stereocenters. The lowest BCUT2D eigenvalue weighted by atomic mass is 10.1. The fourth-order valence-electron chi connectivity index (χ4n) is 2.70. The van der Waals surface area contributed by atoms with Crippen molar-refractivity contribution in [3.05, 3.63) is 0 Å². The minimum Gasteiger partial charge on any atom is -0.387 e. The molecule has 0 aromatic rings. The average Bonchev–Trinajstić information content (AvgIpc) is 2.81. The summed E-state index contributed by atoms with van der Waals surface area (Å²) in [5.74, 6) is -1.35. The Morgan fingerprint density at radius 3 is 2.22 bits per heavy atom. The molecule has 1 N–H and O–H groups in total. The summed E-state index contributed by atoms with van der Waals surface area (Å²) in [4.78, 5) is 0. The third-order valence-electron chi connectivity index (χ3n) is 3.45. The Labute approximate surface area is 106 Å². The quantitative estimate of drug-likeness (QED) is 0.735. The number of aliphatic hydroxyl groups is 1. The highest BCUT2D eigenvalue weighted by molar-refractivity contribution is 4.97. The van der Waals surface area contributed by atoms with E-state index in [1.807, 2.05) is 13.8 Å². The molecule has 6 nitrogen and oxygen atoms in total. The number of fused-ring (bicyclic) bond motifs is 1. The van der Waals surface area contributed by atoms with Gasteiger partial charge in [0.25, 0.3) is 0 Å². The molecule has 0 radical (unpaired) electrons. The normalized spacial score (nSPS) is 49.5. The van der Waals surface area contributed by atoms with Crippen LogP contribution in [0.2, 0.25) is 0 Å². The van der Waals surface area contributed by atoms with E-state index in [1.54, 1.807) is 13.8 Å². The predicted molar refractivity (Wildman–Crippen MR) is 59.6 cm³/mol. The number of ether oxygens (including phenoxy) is 5. The second-order valence-electron chi connectivity index (χ2n) is 5.93. The van der Waals surface area contributed by atoms with E-state index in [0.717, 1.165) is 0 Å². The van der Waals surface area contributed by atoms with Crippen LogP contribution in [0.4, 0.5) is 0 Å². The van der Waals surface area contributed by atoms with Crippen molar-refractivity contribution in [2.45, 2.75) is 70.0 Å². The molecular weight excluding hydrogens is 240 g/mol. The van der Waals surface area contributed by atoms with Gasteiger partial charge in [0.05, 0.1) is 6.61 Å². The zero-order valence-corrected chi connectivity index (χ0v) is 11.1. The number of hydrogen-bond donors (Lipinski definition) is 1. The molecule has 3 saturated heterocycles. The van der Waals surface area contributed by atoms with Crippen molar-refractivity contribution in [1.82, 2.24) is 0 Å². The molecule has 0 aromatic carbocycles. The standard InChI is InChI=1S/C12H20O6/c1-11(2)14-5-6(16-11)8-7(13)9-10(15-8)18-12(3,4)17-9/h6-10,13H,5H2,1-4H3/t6-,7?,8-,9?,10-/m1/s1. The molecule has 3 fully saturated rings. The summed E-state index contributed by atoms with van der Waals surface area (Å²) < 4.78 is 28.1. The third kappa shape index (κ3) is 2.07. The van der Waals surface area contributed by atoms with Crippen molar-refractivity contribution in [2.24, 2.45) is 0 Å². The lowest BCUT2D eigenvalue weighted by Gasteiger charge is -2.26. The zero-order valence-electron chi connectivity index (χ0n) is 11.1. The van der Waals surface area contributed by atoms with E-state index < -0.39 is 36.2 Å². The monoisotopic (exact) mass is 260 g/mol. The summed E-state index contributed by atoms with van der Waals surface area (Å²) in [6.07, 6.45) is -2.53. The van der Waals surface area contributed by atoms with Gasteiger partial charge in [-0.25, -0.2) is 0 Å². The Bertz CT molecular complexity index is 341. The van der Waals surface area contributed by atoms with Crippen LogP contribution >= 0.6 is 0 Å². The van der Waals surface area contributed by atoms with E-state index in [9.17, 15) is 5.11 Å². The number of aliphatic hydroxyl groups excluding tert-OH is 1. The fourth-order valence-corrected chi connectivity index (χ4v) is 2.70. The van der Waals surface area contributed by atoms with Crippen molar-refractivity contribution in [1.29, 1.82) is 0 Å². The molecule has 0 bridgehead atoms. The summed E-state index contributed by atoms with van der Waals surface area (Å²) in [7, 11) is 0. The van der Waals surface area contributed by atoms with Gasteiger partial charge in [0.1, 0.15) is 24.4 Å². The van der Waals surface area contributed by atoms with Crippen molar-refractivity contribution < 1.29 is 28.8 Å². The van der Waals surface area contributed by atoms with E-state index in [4.69, 9.17) is 23.7 Å². The highest BCUT2D eigenvalue weighted by Gasteiger charge is 2.57. The maximum absolute atomic E-state index is 10.3. The van der Waals surface area contributed by atoms with Gasteiger partial charge in [0.15, 0.2) is 17.9 Å². The van der Waals surface area contributed by atoms with E-state index >= 15 is 0 Å². The molecule has 3 aliphatic heterocycles. The molecule has 6 heteroatoms. The van der Waals surface area contributed by atoms with Crippen LogP contribution in [-0.2, 0) is 23.7 Å². The van der Waals surface area contributed by atoms with Crippen molar-refractivity contribution in [3.63, 3.8) is 0 Å². The average molecular weight is 260 g/mol. The van der Waals surface area contributed by atoms with Gasteiger partial charge in [-0.2, -0.15) is 0 Å². The number of rotatable bonds is 1. The molecule has 2 unspecified atom stereocenters. The van der Waals surface area contributed by atoms with E-state index in [1.165, 1.54) is 0 Å². The van der Waals surface area contributed by atoms with Crippen LogP contribution in [-0.4, -0.2) is 54.0 Å². The summed E-state index contributed by atoms with van der Waals surface area (Å²) in [6.45, 7) is 7.68. The highest BCUT2D eigenvalue weighted by Crippen LogP contribution is 2.40. The fraction of sp³-hybridized carbons (Fsp3) is 1.00. The molecule has 104 valence electrons. The molecule has 3 aliphatic rings. The van der Waals surface area contributed by atoms with Gasteiger partial charge in [-0.3, -0.25) is 0 Å². The second kappa shape index (κ2) is 3.88. The van der Waals surface area contributed by atoms with Gasteiger partial charge in [-0.15, -0.1) is 0 Å². The maximum Gasteiger partial charge on any atom is 0.190 e. The summed E-state index contributed by atoms with van der Waals surface area (Å²) in [5, 5.41) is 10.3. The Kier molecular flexibility index (Phi) is 2.75. The first-order valence-corrected chi connectivity index (χ1v) is 6.28. The van der Waals surface area contributed by atoms with Crippen LogP contribution in [0.1, 0.15) is 27.7 Å². The third-order valence-corrected chi connectivity index (χ3v) is 3.45. The van der Waals surface area contributed by atoms with E-state index in [0.29, 0.717) is 6.61 Å². The molecular formula is C12H20O6. The predicted octanol–water partition coefficient (Wildman–Crippen LogP) is 0.375. The van der Waals surface area contributed by atoms with Gasteiger partial charge < -0.3 is 28.8 Å². The van der Waals surface area contributed by atoms with Gasteiger partial charge in [0, 0.05) is 0 Å². The first-order chi connectivity index (χ1) is 8.27. The summed E-state index contributed by atoms with van der Waals surface area (Å²) >= 11 is 0. The lowest BCUT2D eigenvalue weighted by molar-refractivity contribution is -0.232. The van der Waals surface area contributed by atoms with Crippen LogP contribution in [0, 0.1) is 0 Å². The molecule has 3 heterocycles. The zero-order chi connectivity index (χ0) is 13.1. The first kappa shape index (κ1) is 12.8. The molecule has 18 heavy (non-hydrogen) atoms. The minimum atomic E-state index is -0.765. The molecule has 3 rings (SSSR count). The molecule has 0 saturated carbocycles. The van der Waals surface area contributed by atoms with Crippen LogP contribution in [0.5, 0.6) is 0 Å². The van der Waals surface area contributed by atoms with Gasteiger partial charge >= 0.3 is 0 Å². The van der Waals surface area contributed by atoms with Gasteiger partial charge in [-0.05, 0) is 27.7 Å². The lowest BCUT2D eigenvalue weighted by Crippen LogP contribution is -2.42. The molecule has 0 aliphatic carbocycles. The highest BCUT2D eigenvalue weighted by atomic mass is 16.8. The van der Waals surface area contributed by atoms with E-state index in [-0.39, 0.29) is 6.10 Å². The second-order valence-corrected chi connectivity index (χ2v) is 5.93. The van der Waals surface area contributed by atoms with Crippen LogP contribution in [0.25, 0.3) is 0 Å².